The number of benzene rings is 1. The monoisotopic (exact) mass is 385 g/mol. The smallest absolute Gasteiger partial charge is 0.265 e. The minimum atomic E-state index is -0.123. The Hall–Kier alpha value is -2.51. The van der Waals surface area contributed by atoms with E-state index in [4.69, 9.17) is 0 Å². The lowest BCUT2D eigenvalue weighted by Gasteiger charge is -2.16. The Morgan fingerprint density at radius 2 is 1.92 bits per heavy atom. The largest absolute Gasteiger partial charge is 0.355 e. The molecule has 3 aromatic rings. The first kappa shape index (κ1) is 18.3. The summed E-state index contributed by atoms with van der Waals surface area (Å²) in [5, 5.41) is 5.47. The summed E-state index contributed by atoms with van der Waals surface area (Å²) in [6, 6.07) is 11.2. The third kappa shape index (κ3) is 3.84. The highest BCUT2D eigenvalue weighted by Gasteiger charge is 2.20. The molecule has 0 unspecified atom stereocenters. The second-order valence-corrected chi connectivity index (χ2v) is 7.79. The number of hydrogen-bond donors (Lipinski definition) is 1. The highest BCUT2D eigenvalue weighted by Crippen LogP contribution is 2.31. The Balaban J connectivity index is 1.73. The summed E-state index contributed by atoms with van der Waals surface area (Å²) in [6.07, 6.45) is 0. The van der Waals surface area contributed by atoms with Gasteiger partial charge in [-0.05, 0) is 36.1 Å². The first-order valence-corrected chi connectivity index (χ1v) is 9.77. The maximum Gasteiger partial charge on any atom is 0.265 e. The summed E-state index contributed by atoms with van der Waals surface area (Å²) in [5.41, 5.74) is 2.32. The molecule has 0 aliphatic rings. The van der Waals surface area contributed by atoms with E-state index in [9.17, 15) is 9.59 Å². The standard InChI is InChI=1S/C19H19N3O2S2/c1-12-16(26-18(21-12)15-5-4-10-25-15)19(24)22(3)11-13-6-8-14(9-7-13)17(23)20-2/h4-10H,11H2,1-3H3,(H,20,23). The zero-order valence-corrected chi connectivity index (χ0v) is 16.4. The van der Waals surface area contributed by atoms with E-state index in [1.54, 1.807) is 42.5 Å². The fraction of sp³-hybridized carbons (Fsp3) is 0.211. The average Bonchev–Trinajstić information content (AvgIpc) is 3.30. The molecule has 5 nitrogen and oxygen atoms in total. The van der Waals surface area contributed by atoms with Gasteiger partial charge in [0.1, 0.15) is 9.88 Å². The van der Waals surface area contributed by atoms with Gasteiger partial charge in [-0.3, -0.25) is 9.59 Å². The van der Waals surface area contributed by atoms with Crippen molar-refractivity contribution >= 4 is 34.5 Å². The van der Waals surface area contributed by atoms with Gasteiger partial charge in [-0.1, -0.05) is 18.2 Å². The quantitative estimate of drug-likeness (QED) is 0.726. The Labute approximate surface area is 160 Å². The lowest BCUT2D eigenvalue weighted by molar-refractivity contribution is 0.0788. The normalized spacial score (nSPS) is 10.6. The molecule has 2 heterocycles. The van der Waals surface area contributed by atoms with Gasteiger partial charge in [0.05, 0.1) is 10.6 Å². The van der Waals surface area contributed by atoms with Crippen molar-refractivity contribution in [2.45, 2.75) is 13.5 Å². The van der Waals surface area contributed by atoms with Crippen LogP contribution in [0.25, 0.3) is 9.88 Å². The van der Waals surface area contributed by atoms with Gasteiger partial charge >= 0.3 is 0 Å². The number of nitrogens with zero attached hydrogens (tertiary/aromatic N) is 2. The van der Waals surface area contributed by atoms with Gasteiger partial charge in [0.15, 0.2) is 0 Å². The molecule has 1 N–H and O–H groups in total. The van der Waals surface area contributed by atoms with Gasteiger partial charge in [0.25, 0.3) is 11.8 Å². The molecule has 7 heteroatoms. The third-order valence-corrected chi connectivity index (χ3v) is 6.12. The molecule has 0 saturated carbocycles. The van der Waals surface area contributed by atoms with E-state index in [1.807, 2.05) is 36.6 Å². The molecule has 0 fully saturated rings. The molecule has 0 radical (unpaired) electrons. The number of aryl methyl sites for hydroxylation is 1. The molecular weight excluding hydrogens is 366 g/mol. The van der Waals surface area contributed by atoms with E-state index in [0.717, 1.165) is 21.1 Å². The Kier molecular flexibility index (Phi) is 5.49. The summed E-state index contributed by atoms with van der Waals surface area (Å²) in [5.74, 6) is -0.166. The number of carbonyl (C=O) groups excluding carboxylic acids is 2. The molecule has 0 atom stereocenters. The summed E-state index contributed by atoms with van der Waals surface area (Å²) >= 11 is 3.05. The van der Waals surface area contributed by atoms with Gasteiger partial charge in [-0.25, -0.2) is 4.98 Å². The van der Waals surface area contributed by atoms with Crippen molar-refractivity contribution in [3.05, 3.63) is 63.5 Å². The van der Waals surface area contributed by atoms with E-state index in [0.29, 0.717) is 17.0 Å². The predicted molar refractivity (Wildman–Crippen MR) is 106 cm³/mol. The highest BCUT2D eigenvalue weighted by molar-refractivity contribution is 7.22. The van der Waals surface area contributed by atoms with Crippen molar-refractivity contribution in [2.75, 3.05) is 14.1 Å². The van der Waals surface area contributed by atoms with Crippen molar-refractivity contribution in [1.82, 2.24) is 15.2 Å². The molecular formula is C19H19N3O2S2. The van der Waals surface area contributed by atoms with E-state index in [2.05, 4.69) is 10.3 Å². The first-order chi connectivity index (χ1) is 12.5. The SMILES string of the molecule is CNC(=O)c1ccc(CN(C)C(=O)c2sc(-c3cccs3)nc2C)cc1. The molecule has 0 spiro atoms. The van der Waals surface area contributed by atoms with Crippen LogP contribution in [0.2, 0.25) is 0 Å². The van der Waals surface area contributed by atoms with Crippen LogP contribution < -0.4 is 5.32 Å². The number of hydrogen-bond acceptors (Lipinski definition) is 5. The lowest BCUT2D eigenvalue weighted by Crippen LogP contribution is -2.26. The zero-order valence-electron chi connectivity index (χ0n) is 14.8. The topological polar surface area (TPSA) is 62.3 Å². The van der Waals surface area contributed by atoms with Crippen molar-refractivity contribution in [3.8, 4) is 9.88 Å². The Morgan fingerprint density at radius 3 is 2.54 bits per heavy atom. The number of amides is 2. The third-order valence-electron chi connectivity index (χ3n) is 3.93. The second-order valence-electron chi connectivity index (χ2n) is 5.85. The fourth-order valence-electron chi connectivity index (χ4n) is 2.53. The maximum atomic E-state index is 12.8. The van der Waals surface area contributed by atoms with Gasteiger partial charge < -0.3 is 10.2 Å². The lowest BCUT2D eigenvalue weighted by atomic mass is 10.1. The maximum absolute atomic E-state index is 12.8. The second kappa shape index (κ2) is 7.80. The summed E-state index contributed by atoms with van der Waals surface area (Å²) < 4.78 is 0. The van der Waals surface area contributed by atoms with Crippen LogP contribution in [0.5, 0.6) is 0 Å². The van der Waals surface area contributed by atoms with Crippen LogP contribution in [0.1, 0.15) is 31.3 Å². The molecule has 3 rings (SSSR count). The van der Waals surface area contributed by atoms with Crippen LogP contribution in [0, 0.1) is 6.92 Å². The fourth-order valence-corrected chi connectivity index (χ4v) is 4.38. The van der Waals surface area contributed by atoms with Crippen molar-refractivity contribution in [2.24, 2.45) is 0 Å². The summed E-state index contributed by atoms with van der Waals surface area (Å²) in [7, 11) is 3.38. The molecule has 0 bridgehead atoms. The highest BCUT2D eigenvalue weighted by atomic mass is 32.1. The van der Waals surface area contributed by atoms with Gasteiger partial charge in [-0.15, -0.1) is 22.7 Å². The van der Waals surface area contributed by atoms with Crippen molar-refractivity contribution < 1.29 is 9.59 Å². The number of nitrogens with one attached hydrogen (secondary N) is 1. The minimum absolute atomic E-state index is 0.0433. The van der Waals surface area contributed by atoms with Crippen LogP contribution >= 0.6 is 22.7 Å². The minimum Gasteiger partial charge on any atom is -0.355 e. The van der Waals surface area contributed by atoms with Crippen molar-refractivity contribution in [3.63, 3.8) is 0 Å². The number of carbonyl (C=O) groups is 2. The molecule has 0 aliphatic heterocycles. The van der Waals surface area contributed by atoms with Crippen molar-refractivity contribution in [1.29, 1.82) is 0 Å². The van der Waals surface area contributed by atoms with Gasteiger partial charge in [-0.2, -0.15) is 0 Å². The van der Waals surface area contributed by atoms with Gasteiger partial charge in [0, 0.05) is 26.2 Å². The molecule has 2 amide bonds. The zero-order chi connectivity index (χ0) is 18.7. The number of rotatable bonds is 5. The molecule has 26 heavy (non-hydrogen) atoms. The van der Waals surface area contributed by atoms with E-state index in [-0.39, 0.29) is 11.8 Å². The van der Waals surface area contributed by atoms with Crippen LogP contribution in [0.15, 0.2) is 41.8 Å². The van der Waals surface area contributed by atoms with E-state index < -0.39 is 0 Å². The van der Waals surface area contributed by atoms with E-state index >= 15 is 0 Å². The Bertz CT molecular complexity index is 915. The first-order valence-electron chi connectivity index (χ1n) is 8.07. The summed E-state index contributed by atoms with van der Waals surface area (Å²) in [6.45, 7) is 2.34. The van der Waals surface area contributed by atoms with E-state index in [1.165, 1.54) is 11.3 Å². The molecule has 134 valence electrons. The predicted octanol–water partition coefficient (Wildman–Crippen LogP) is 3.81. The van der Waals surface area contributed by atoms with Crippen LogP contribution in [-0.2, 0) is 6.54 Å². The summed E-state index contributed by atoms with van der Waals surface area (Å²) in [4.78, 5) is 32.4. The van der Waals surface area contributed by atoms with Crippen LogP contribution in [-0.4, -0.2) is 35.8 Å². The number of thiophene rings is 1. The molecule has 0 aliphatic carbocycles. The van der Waals surface area contributed by atoms with Crippen LogP contribution in [0.4, 0.5) is 0 Å². The average molecular weight is 386 g/mol. The Morgan fingerprint density at radius 1 is 1.19 bits per heavy atom. The van der Waals surface area contributed by atoms with Crippen LogP contribution in [0.3, 0.4) is 0 Å². The molecule has 2 aromatic heterocycles. The number of thiazole rings is 1. The molecule has 0 saturated heterocycles. The van der Waals surface area contributed by atoms with Gasteiger partial charge in [0.2, 0.25) is 0 Å². The number of aromatic nitrogens is 1. The molecule has 1 aromatic carbocycles.